The minimum atomic E-state index is -0.749. The van der Waals surface area contributed by atoms with Gasteiger partial charge in [-0.15, -0.1) is 0 Å². The Morgan fingerprint density at radius 2 is 1.89 bits per heavy atom. The van der Waals surface area contributed by atoms with Crippen molar-refractivity contribution in [1.82, 2.24) is 4.90 Å². The van der Waals surface area contributed by atoms with Crippen LogP contribution in [0.25, 0.3) is 0 Å². The number of carbonyl (C=O) groups is 1. The molecule has 0 spiro atoms. The summed E-state index contributed by atoms with van der Waals surface area (Å²) in [5.74, 6) is -0.749. The maximum Gasteiger partial charge on any atom is 0.303 e. The van der Waals surface area contributed by atoms with Gasteiger partial charge in [0.2, 0.25) is 0 Å². The number of aryl methyl sites for hydroxylation is 2. The largest absolute Gasteiger partial charge is 0.481 e. The van der Waals surface area contributed by atoms with Crippen LogP contribution in [0.3, 0.4) is 0 Å². The number of carboxylic acid groups (broad SMARTS) is 1. The highest BCUT2D eigenvalue weighted by atomic mass is 16.4. The molecule has 3 nitrogen and oxygen atoms in total. The highest BCUT2D eigenvalue weighted by molar-refractivity contribution is 5.67. The van der Waals surface area contributed by atoms with E-state index in [2.05, 4.69) is 36.9 Å². The van der Waals surface area contributed by atoms with Crippen molar-refractivity contribution in [3.8, 4) is 0 Å². The monoisotopic (exact) mass is 263 g/mol. The van der Waals surface area contributed by atoms with E-state index in [4.69, 9.17) is 5.11 Å². The van der Waals surface area contributed by atoms with Gasteiger partial charge in [0.1, 0.15) is 0 Å². The average Bonchev–Trinajstić information content (AvgIpc) is 2.18. The van der Waals surface area contributed by atoms with Crippen molar-refractivity contribution in [2.24, 2.45) is 5.41 Å². The molecule has 0 aliphatic carbocycles. The molecule has 0 saturated carbocycles. The summed E-state index contributed by atoms with van der Waals surface area (Å²) < 4.78 is 0. The van der Waals surface area contributed by atoms with Crippen LogP contribution in [0, 0.1) is 19.3 Å². The Labute approximate surface area is 116 Å². The van der Waals surface area contributed by atoms with Crippen LogP contribution in [0.4, 0.5) is 0 Å². The summed E-state index contributed by atoms with van der Waals surface area (Å²) in [6, 6.07) is 6.46. The third kappa shape index (κ3) is 3.80. The highest BCUT2D eigenvalue weighted by Crippen LogP contribution is 2.41. The second-order valence-electron chi connectivity index (χ2n) is 6.29. The van der Waals surface area contributed by atoms with Crippen molar-refractivity contribution >= 4 is 5.97 Å². The molecule has 0 bridgehead atoms. The van der Waals surface area contributed by atoms with Gasteiger partial charge in [0, 0.05) is 6.04 Å². The highest BCUT2D eigenvalue weighted by Gasteiger charge is 2.35. The molecule has 19 heavy (non-hydrogen) atoms. The first-order valence-corrected chi connectivity index (χ1v) is 6.60. The van der Waals surface area contributed by atoms with E-state index in [9.17, 15) is 4.79 Å². The van der Waals surface area contributed by atoms with Crippen LogP contribution < -0.4 is 0 Å². The normalized spacial score (nSPS) is 13.6. The molecule has 3 heteroatoms. The summed E-state index contributed by atoms with van der Waals surface area (Å²) in [5.41, 5.74) is 3.34. The molecule has 0 saturated heterocycles. The van der Waals surface area contributed by atoms with Gasteiger partial charge < -0.3 is 10.0 Å². The summed E-state index contributed by atoms with van der Waals surface area (Å²) >= 11 is 0. The lowest BCUT2D eigenvalue weighted by Gasteiger charge is -2.39. The standard InChI is InChI=1S/C16H25NO2/c1-11-7-8-13(12(2)9-11)15(17(5)6)16(3,4)10-14(18)19/h7-9,15H,10H2,1-6H3,(H,18,19). The fourth-order valence-corrected chi connectivity index (χ4v) is 3.02. The van der Waals surface area contributed by atoms with Gasteiger partial charge >= 0.3 is 5.97 Å². The van der Waals surface area contributed by atoms with Crippen molar-refractivity contribution in [2.45, 2.75) is 40.2 Å². The van der Waals surface area contributed by atoms with Gasteiger partial charge in [0.15, 0.2) is 0 Å². The summed E-state index contributed by atoms with van der Waals surface area (Å²) in [7, 11) is 4.02. The van der Waals surface area contributed by atoms with Gasteiger partial charge in [-0.2, -0.15) is 0 Å². The van der Waals surface area contributed by atoms with Gasteiger partial charge in [-0.1, -0.05) is 37.6 Å². The van der Waals surface area contributed by atoms with E-state index in [-0.39, 0.29) is 17.9 Å². The van der Waals surface area contributed by atoms with Crippen LogP contribution in [-0.2, 0) is 4.79 Å². The molecular formula is C16H25NO2. The smallest absolute Gasteiger partial charge is 0.303 e. The van der Waals surface area contributed by atoms with E-state index in [1.54, 1.807) is 0 Å². The van der Waals surface area contributed by atoms with Crippen LogP contribution in [0.5, 0.6) is 0 Å². The third-order valence-corrected chi connectivity index (χ3v) is 3.58. The van der Waals surface area contributed by atoms with Gasteiger partial charge in [-0.3, -0.25) is 4.79 Å². The number of nitrogens with zero attached hydrogens (tertiary/aromatic N) is 1. The second kappa shape index (κ2) is 5.74. The molecule has 1 aromatic rings. The van der Waals surface area contributed by atoms with Crippen molar-refractivity contribution < 1.29 is 9.90 Å². The summed E-state index contributed by atoms with van der Waals surface area (Å²) in [6.45, 7) is 8.20. The first kappa shape index (κ1) is 15.7. The van der Waals surface area contributed by atoms with Crippen LogP contribution in [-0.4, -0.2) is 30.1 Å². The molecule has 0 aliphatic rings. The van der Waals surface area contributed by atoms with Crippen molar-refractivity contribution in [2.75, 3.05) is 14.1 Å². The Morgan fingerprint density at radius 1 is 1.32 bits per heavy atom. The third-order valence-electron chi connectivity index (χ3n) is 3.58. The lowest BCUT2D eigenvalue weighted by atomic mass is 9.76. The molecule has 1 unspecified atom stereocenters. The van der Waals surface area contributed by atoms with Crippen molar-refractivity contribution in [3.05, 3.63) is 34.9 Å². The zero-order valence-electron chi connectivity index (χ0n) is 12.8. The number of hydrogen-bond donors (Lipinski definition) is 1. The molecule has 1 atom stereocenters. The van der Waals surface area contributed by atoms with E-state index in [0.717, 1.165) is 0 Å². The minimum Gasteiger partial charge on any atom is -0.481 e. The number of hydrogen-bond acceptors (Lipinski definition) is 2. The summed E-state index contributed by atoms with van der Waals surface area (Å²) in [6.07, 6.45) is 0.156. The number of rotatable bonds is 5. The predicted molar refractivity (Wildman–Crippen MR) is 78.4 cm³/mol. The van der Waals surface area contributed by atoms with E-state index >= 15 is 0 Å². The Kier molecular flexibility index (Phi) is 4.75. The second-order valence-corrected chi connectivity index (χ2v) is 6.29. The topological polar surface area (TPSA) is 40.5 Å². The fraction of sp³-hybridized carbons (Fsp3) is 0.562. The maximum atomic E-state index is 11.1. The summed E-state index contributed by atoms with van der Waals surface area (Å²) in [4.78, 5) is 13.2. The molecule has 0 fully saturated rings. The zero-order valence-corrected chi connectivity index (χ0v) is 12.8. The van der Waals surface area contributed by atoms with E-state index in [1.807, 2.05) is 27.9 Å². The van der Waals surface area contributed by atoms with Crippen LogP contribution in [0.1, 0.15) is 43.0 Å². The number of benzene rings is 1. The van der Waals surface area contributed by atoms with E-state index in [1.165, 1.54) is 16.7 Å². The lowest BCUT2D eigenvalue weighted by molar-refractivity contribution is -0.140. The van der Waals surface area contributed by atoms with E-state index in [0.29, 0.717) is 0 Å². The molecule has 1 rings (SSSR count). The maximum absolute atomic E-state index is 11.1. The molecule has 0 aliphatic heterocycles. The summed E-state index contributed by atoms with van der Waals surface area (Å²) in [5, 5.41) is 9.12. The Balaban J connectivity index is 3.24. The molecule has 0 aromatic heterocycles. The van der Waals surface area contributed by atoms with E-state index < -0.39 is 5.97 Å². The fourth-order valence-electron chi connectivity index (χ4n) is 3.02. The molecule has 1 aromatic carbocycles. The van der Waals surface area contributed by atoms with Crippen molar-refractivity contribution in [1.29, 1.82) is 0 Å². The molecular weight excluding hydrogens is 238 g/mol. The van der Waals surface area contributed by atoms with Crippen LogP contribution >= 0.6 is 0 Å². The van der Waals surface area contributed by atoms with Gasteiger partial charge in [-0.05, 0) is 44.5 Å². The average molecular weight is 263 g/mol. The lowest BCUT2D eigenvalue weighted by Crippen LogP contribution is -2.35. The molecule has 1 N–H and O–H groups in total. The SMILES string of the molecule is Cc1ccc(C(N(C)C)C(C)(C)CC(=O)O)c(C)c1. The van der Waals surface area contributed by atoms with Crippen LogP contribution in [0.2, 0.25) is 0 Å². The first-order valence-electron chi connectivity index (χ1n) is 6.60. The van der Waals surface area contributed by atoms with Crippen LogP contribution in [0.15, 0.2) is 18.2 Å². The quantitative estimate of drug-likeness (QED) is 0.885. The van der Waals surface area contributed by atoms with Crippen molar-refractivity contribution in [3.63, 3.8) is 0 Å². The Hall–Kier alpha value is -1.35. The molecule has 0 radical (unpaired) electrons. The molecule has 0 amide bonds. The predicted octanol–water partition coefficient (Wildman–Crippen LogP) is 3.41. The van der Waals surface area contributed by atoms with Gasteiger partial charge in [-0.25, -0.2) is 0 Å². The molecule has 106 valence electrons. The minimum absolute atomic E-state index is 0.0872. The first-order chi connectivity index (χ1) is 8.65. The number of carboxylic acids is 1. The Morgan fingerprint density at radius 3 is 2.32 bits per heavy atom. The van der Waals surface area contributed by atoms with Gasteiger partial charge in [0.05, 0.1) is 6.42 Å². The van der Waals surface area contributed by atoms with Gasteiger partial charge in [0.25, 0.3) is 0 Å². The molecule has 0 heterocycles. The number of aliphatic carboxylic acids is 1. The zero-order chi connectivity index (χ0) is 14.8. The Bertz CT molecular complexity index is 464.